The van der Waals surface area contributed by atoms with Crippen LogP contribution in [0.5, 0.6) is 0 Å². The van der Waals surface area contributed by atoms with Crippen LogP contribution in [0.1, 0.15) is 47.2 Å². The average Bonchev–Trinajstić information content (AvgIpc) is 3.08. The van der Waals surface area contributed by atoms with Gasteiger partial charge in [-0.05, 0) is 69.0 Å². The number of aryl methyl sites for hydroxylation is 1. The Morgan fingerprint density at radius 1 is 1.07 bits per heavy atom. The first-order valence-corrected chi connectivity index (χ1v) is 9.95. The first-order chi connectivity index (χ1) is 13.5. The summed E-state index contributed by atoms with van der Waals surface area (Å²) in [6.07, 6.45) is 3.71. The maximum absolute atomic E-state index is 13.6. The number of hydrogen-bond acceptors (Lipinski definition) is 3. The number of hydrogen-bond donors (Lipinski definition) is 1. The highest BCUT2D eigenvalue weighted by Crippen LogP contribution is 2.40. The lowest BCUT2D eigenvalue weighted by atomic mass is 9.84. The van der Waals surface area contributed by atoms with Crippen LogP contribution >= 0.6 is 0 Å². The van der Waals surface area contributed by atoms with Crippen molar-refractivity contribution in [2.45, 2.75) is 44.7 Å². The Bertz CT molecular complexity index is 893. The summed E-state index contributed by atoms with van der Waals surface area (Å²) < 4.78 is 0. The van der Waals surface area contributed by atoms with Crippen molar-refractivity contribution in [3.8, 4) is 0 Å². The minimum Gasteiger partial charge on any atom is -0.478 e. The van der Waals surface area contributed by atoms with Crippen molar-refractivity contribution in [2.24, 2.45) is 0 Å². The number of rotatable bonds is 4. The molecule has 146 valence electrons. The van der Waals surface area contributed by atoms with Gasteiger partial charge in [0.1, 0.15) is 5.54 Å². The van der Waals surface area contributed by atoms with Crippen molar-refractivity contribution in [3.05, 3.63) is 65.2 Å². The fourth-order valence-corrected chi connectivity index (χ4v) is 4.67. The molecule has 1 unspecified atom stereocenters. The van der Waals surface area contributed by atoms with E-state index in [0.29, 0.717) is 12.1 Å². The minimum atomic E-state index is -0.919. The molecule has 0 aromatic heterocycles. The van der Waals surface area contributed by atoms with Crippen molar-refractivity contribution >= 4 is 17.6 Å². The lowest BCUT2D eigenvalue weighted by Gasteiger charge is -2.44. The summed E-state index contributed by atoms with van der Waals surface area (Å²) in [7, 11) is 0. The monoisotopic (exact) mass is 378 g/mol. The number of anilines is 1. The lowest BCUT2D eigenvalue weighted by Crippen LogP contribution is -2.59. The van der Waals surface area contributed by atoms with Crippen molar-refractivity contribution in [1.82, 2.24) is 4.90 Å². The number of carboxylic acid groups (broad SMARTS) is 1. The lowest BCUT2D eigenvalue weighted by molar-refractivity contribution is -0.131. The van der Waals surface area contributed by atoms with Gasteiger partial charge in [0.2, 0.25) is 5.91 Å². The summed E-state index contributed by atoms with van der Waals surface area (Å²) in [6.45, 7) is 4.28. The van der Waals surface area contributed by atoms with Crippen molar-refractivity contribution < 1.29 is 14.7 Å². The third kappa shape index (κ3) is 3.31. The number of nitrogens with zero attached hydrogens (tertiary/aromatic N) is 2. The van der Waals surface area contributed by atoms with Crippen LogP contribution in [-0.4, -0.2) is 40.5 Å². The second kappa shape index (κ2) is 7.40. The molecular weight excluding hydrogens is 352 g/mol. The first-order valence-electron chi connectivity index (χ1n) is 9.95. The molecule has 5 nitrogen and oxygen atoms in total. The molecule has 2 heterocycles. The maximum Gasteiger partial charge on any atom is 0.335 e. The highest BCUT2D eigenvalue weighted by Gasteiger charge is 2.50. The number of benzene rings is 2. The molecule has 5 heteroatoms. The van der Waals surface area contributed by atoms with E-state index in [1.165, 1.54) is 5.56 Å². The Kier molecular flexibility index (Phi) is 4.94. The summed E-state index contributed by atoms with van der Waals surface area (Å²) in [5, 5.41) is 9.26. The van der Waals surface area contributed by atoms with Gasteiger partial charge in [0.25, 0.3) is 0 Å². The smallest absolute Gasteiger partial charge is 0.335 e. The Balaban J connectivity index is 1.60. The Labute approximate surface area is 165 Å². The average molecular weight is 378 g/mol. The molecule has 1 N–H and O–H groups in total. The van der Waals surface area contributed by atoms with Gasteiger partial charge in [-0.1, -0.05) is 29.8 Å². The number of carbonyl (C=O) groups excluding carboxylic acids is 1. The van der Waals surface area contributed by atoms with E-state index in [9.17, 15) is 14.7 Å². The maximum atomic E-state index is 13.6. The molecule has 1 amide bonds. The number of amides is 1. The fourth-order valence-electron chi connectivity index (χ4n) is 4.67. The standard InChI is InChI=1S/C23H26N2O3/c1-17-7-9-20(10-8-17)25-14-4-12-23(22(25)28)11-3-13-24(23)16-18-5-2-6-19(15-18)21(26)27/h2,5-10,15H,3-4,11-14,16H2,1H3,(H,26,27). The van der Waals surface area contributed by atoms with Gasteiger partial charge in [-0.25, -0.2) is 4.79 Å². The number of likely N-dealkylation sites (tertiary alicyclic amines) is 1. The van der Waals surface area contributed by atoms with E-state index in [1.54, 1.807) is 18.2 Å². The fraction of sp³-hybridized carbons (Fsp3) is 0.391. The Hall–Kier alpha value is -2.66. The number of carboxylic acids is 1. The molecule has 2 aliphatic heterocycles. The normalized spacial score (nSPS) is 22.8. The van der Waals surface area contributed by atoms with Crippen LogP contribution < -0.4 is 4.90 Å². The molecule has 2 saturated heterocycles. The third-order valence-electron chi connectivity index (χ3n) is 6.13. The molecule has 0 aliphatic carbocycles. The van der Waals surface area contributed by atoms with E-state index < -0.39 is 11.5 Å². The van der Waals surface area contributed by atoms with E-state index in [4.69, 9.17) is 0 Å². The van der Waals surface area contributed by atoms with E-state index in [-0.39, 0.29) is 5.91 Å². The van der Waals surface area contributed by atoms with Crippen molar-refractivity contribution in [3.63, 3.8) is 0 Å². The summed E-state index contributed by atoms with van der Waals surface area (Å²) >= 11 is 0. The molecule has 28 heavy (non-hydrogen) atoms. The zero-order valence-electron chi connectivity index (χ0n) is 16.2. The van der Waals surface area contributed by atoms with Crippen LogP contribution in [0.3, 0.4) is 0 Å². The van der Waals surface area contributed by atoms with Gasteiger partial charge in [-0.15, -0.1) is 0 Å². The summed E-state index contributed by atoms with van der Waals surface area (Å²) in [5.74, 6) is -0.730. The number of carbonyl (C=O) groups is 2. The van der Waals surface area contributed by atoms with Gasteiger partial charge in [-0.3, -0.25) is 9.69 Å². The van der Waals surface area contributed by atoms with Crippen molar-refractivity contribution in [2.75, 3.05) is 18.0 Å². The summed E-state index contributed by atoms with van der Waals surface area (Å²) in [4.78, 5) is 29.1. The van der Waals surface area contributed by atoms with Crippen LogP contribution in [0.2, 0.25) is 0 Å². The number of piperidine rings is 1. The second-order valence-electron chi connectivity index (χ2n) is 7.96. The first kappa shape index (κ1) is 18.7. The summed E-state index contributed by atoms with van der Waals surface area (Å²) in [6, 6.07) is 15.2. The molecule has 2 aromatic carbocycles. The second-order valence-corrected chi connectivity index (χ2v) is 7.96. The van der Waals surface area contributed by atoms with E-state index >= 15 is 0 Å². The van der Waals surface area contributed by atoms with Crippen LogP contribution in [0, 0.1) is 6.92 Å². The quantitative estimate of drug-likeness (QED) is 0.878. The molecule has 2 aliphatic rings. The van der Waals surface area contributed by atoms with Gasteiger partial charge >= 0.3 is 5.97 Å². The van der Waals surface area contributed by atoms with Crippen LogP contribution in [0.25, 0.3) is 0 Å². The molecule has 4 rings (SSSR count). The minimum absolute atomic E-state index is 0.189. The molecule has 1 spiro atoms. The van der Waals surface area contributed by atoms with E-state index in [0.717, 1.165) is 50.0 Å². The summed E-state index contributed by atoms with van der Waals surface area (Å²) in [5.41, 5.74) is 2.92. The molecule has 2 aromatic rings. The van der Waals surface area contributed by atoms with Gasteiger partial charge in [-0.2, -0.15) is 0 Å². The molecule has 0 saturated carbocycles. The third-order valence-corrected chi connectivity index (χ3v) is 6.13. The van der Waals surface area contributed by atoms with Crippen LogP contribution in [0.4, 0.5) is 5.69 Å². The highest BCUT2D eigenvalue weighted by molar-refractivity contribution is 6.01. The van der Waals surface area contributed by atoms with Crippen LogP contribution in [-0.2, 0) is 11.3 Å². The Morgan fingerprint density at radius 3 is 2.50 bits per heavy atom. The van der Waals surface area contributed by atoms with Gasteiger partial charge in [0, 0.05) is 18.8 Å². The predicted molar refractivity (Wildman–Crippen MR) is 109 cm³/mol. The number of aromatic carboxylic acids is 1. The van der Waals surface area contributed by atoms with Gasteiger partial charge in [0.05, 0.1) is 5.56 Å². The largest absolute Gasteiger partial charge is 0.478 e. The molecule has 1 atom stereocenters. The zero-order valence-corrected chi connectivity index (χ0v) is 16.2. The highest BCUT2D eigenvalue weighted by atomic mass is 16.4. The molecule has 0 bridgehead atoms. The van der Waals surface area contributed by atoms with Crippen molar-refractivity contribution in [1.29, 1.82) is 0 Å². The zero-order chi connectivity index (χ0) is 19.7. The topological polar surface area (TPSA) is 60.9 Å². The Morgan fingerprint density at radius 2 is 1.79 bits per heavy atom. The predicted octanol–water partition coefficient (Wildman–Crippen LogP) is 3.85. The van der Waals surface area contributed by atoms with E-state index in [2.05, 4.69) is 4.90 Å². The SMILES string of the molecule is Cc1ccc(N2CCCC3(CCCN3Cc3cccc(C(=O)O)c3)C2=O)cc1. The van der Waals surface area contributed by atoms with Gasteiger partial charge in [0.15, 0.2) is 0 Å². The molecule has 2 fully saturated rings. The van der Waals surface area contributed by atoms with E-state index in [1.807, 2.05) is 42.2 Å². The van der Waals surface area contributed by atoms with Crippen LogP contribution in [0.15, 0.2) is 48.5 Å². The van der Waals surface area contributed by atoms with Gasteiger partial charge < -0.3 is 10.0 Å². The molecular formula is C23H26N2O3. The molecule has 0 radical (unpaired) electrons.